The van der Waals surface area contributed by atoms with Gasteiger partial charge in [0.15, 0.2) is 11.6 Å². The molecule has 1 aromatic heterocycles. The molecule has 4 nitrogen and oxygen atoms in total. The van der Waals surface area contributed by atoms with E-state index in [0.717, 1.165) is 25.7 Å². The molecule has 0 atom stereocenters. The number of anilines is 1. The topological polar surface area (TPSA) is 68.0 Å². The summed E-state index contributed by atoms with van der Waals surface area (Å²) in [5.41, 5.74) is 5.55. The number of hydrogen-bond acceptors (Lipinski definition) is 3. The summed E-state index contributed by atoms with van der Waals surface area (Å²) in [6.45, 7) is 2.74. The van der Waals surface area contributed by atoms with E-state index in [1.807, 2.05) is 0 Å². The fourth-order valence-corrected chi connectivity index (χ4v) is 2.22. The van der Waals surface area contributed by atoms with Crippen LogP contribution in [0.4, 0.5) is 10.2 Å². The normalized spacial score (nSPS) is 16.3. The molecule has 5 heteroatoms. The average Bonchev–Trinajstić information content (AvgIpc) is 3.11. The highest BCUT2D eigenvalue weighted by molar-refractivity contribution is 5.95. The van der Waals surface area contributed by atoms with E-state index in [4.69, 9.17) is 5.73 Å². The molecule has 0 saturated heterocycles. The molecule has 1 aliphatic carbocycles. The summed E-state index contributed by atoms with van der Waals surface area (Å²) in [5.74, 6) is -1.39. The van der Waals surface area contributed by atoms with Gasteiger partial charge in [-0.1, -0.05) is 13.3 Å². The number of halogens is 1. The molecule has 3 N–H and O–H groups in total. The first kappa shape index (κ1) is 12.8. The minimum Gasteiger partial charge on any atom is -0.381 e. The molecule has 1 aromatic rings. The zero-order valence-corrected chi connectivity index (χ0v) is 10.5. The molecule has 0 spiro atoms. The highest BCUT2D eigenvalue weighted by Crippen LogP contribution is 2.48. The second kappa shape index (κ2) is 4.92. The maximum atomic E-state index is 13.6. The largest absolute Gasteiger partial charge is 0.381 e. The third kappa shape index (κ3) is 2.60. The number of hydrogen-bond donors (Lipinski definition) is 2. The van der Waals surface area contributed by atoms with Gasteiger partial charge >= 0.3 is 0 Å². The third-order valence-corrected chi connectivity index (χ3v) is 3.52. The van der Waals surface area contributed by atoms with Gasteiger partial charge in [0.25, 0.3) is 5.91 Å². The number of aromatic nitrogens is 1. The smallest absolute Gasteiger partial charge is 0.254 e. The van der Waals surface area contributed by atoms with E-state index in [9.17, 15) is 9.18 Å². The Kier molecular flexibility index (Phi) is 3.50. The van der Waals surface area contributed by atoms with Crippen molar-refractivity contribution in [1.82, 2.24) is 10.3 Å². The van der Waals surface area contributed by atoms with Gasteiger partial charge in [0.1, 0.15) is 0 Å². The van der Waals surface area contributed by atoms with Gasteiger partial charge < -0.3 is 11.1 Å². The van der Waals surface area contributed by atoms with Gasteiger partial charge in [-0.05, 0) is 30.7 Å². The second-order valence-electron chi connectivity index (χ2n) is 4.99. The standard InChI is InChI=1S/C13H18FN3O/c1-2-4-13(5-6-13)8-17-12(18)9-3-7-16-11(15)10(9)14/h3,7H,2,4-6,8H2,1H3,(H2,15,16)(H,17,18). The van der Waals surface area contributed by atoms with E-state index in [0.29, 0.717) is 6.54 Å². The van der Waals surface area contributed by atoms with Crippen LogP contribution < -0.4 is 11.1 Å². The summed E-state index contributed by atoms with van der Waals surface area (Å²) >= 11 is 0. The van der Waals surface area contributed by atoms with Crippen LogP contribution in [0, 0.1) is 11.2 Å². The maximum absolute atomic E-state index is 13.6. The van der Waals surface area contributed by atoms with Crippen molar-refractivity contribution in [2.75, 3.05) is 12.3 Å². The lowest BCUT2D eigenvalue weighted by Gasteiger charge is -2.15. The number of nitrogen functional groups attached to an aromatic ring is 1. The van der Waals surface area contributed by atoms with Gasteiger partial charge in [0.2, 0.25) is 0 Å². The summed E-state index contributed by atoms with van der Waals surface area (Å²) in [6, 6.07) is 1.35. The molecule has 0 bridgehead atoms. The van der Waals surface area contributed by atoms with Gasteiger partial charge in [-0.15, -0.1) is 0 Å². The van der Waals surface area contributed by atoms with Crippen LogP contribution in [0.3, 0.4) is 0 Å². The maximum Gasteiger partial charge on any atom is 0.254 e. The first-order valence-electron chi connectivity index (χ1n) is 6.26. The van der Waals surface area contributed by atoms with Crippen molar-refractivity contribution >= 4 is 11.7 Å². The Labute approximate surface area is 106 Å². The van der Waals surface area contributed by atoms with E-state index < -0.39 is 11.7 Å². The predicted molar refractivity (Wildman–Crippen MR) is 67.5 cm³/mol. The van der Waals surface area contributed by atoms with Gasteiger partial charge in [0, 0.05) is 12.7 Å². The van der Waals surface area contributed by atoms with E-state index in [1.165, 1.54) is 12.3 Å². The van der Waals surface area contributed by atoms with Crippen LogP contribution in [0.25, 0.3) is 0 Å². The molecule has 1 heterocycles. The van der Waals surface area contributed by atoms with E-state index >= 15 is 0 Å². The Morgan fingerprint density at radius 1 is 1.61 bits per heavy atom. The number of nitrogens with zero attached hydrogens (tertiary/aromatic N) is 1. The van der Waals surface area contributed by atoms with Crippen molar-refractivity contribution in [2.24, 2.45) is 5.41 Å². The summed E-state index contributed by atoms with van der Waals surface area (Å²) in [6.07, 6.45) is 5.83. The van der Waals surface area contributed by atoms with Crippen LogP contribution in [0.15, 0.2) is 12.3 Å². The van der Waals surface area contributed by atoms with Crippen LogP contribution in [0.5, 0.6) is 0 Å². The SMILES string of the molecule is CCCC1(CNC(=O)c2ccnc(N)c2F)CC1. The molecule has 1 aliphatic rings. The number of carbonyl (C=O) groups is 1. The minimum absolute atomic E-state index is 0.0326. The fourth-order valence-electron chi connectivity index (χ4n) is 2.22. The lowest BCUT2D eigenvalue weighted by molar-refractivity contribution is 0.0939. The van der Waals surface area contributed by atoms with Crippen LogP contribution in [-0.2, 0) is 0 Å². The highest BCUT2D eigenvalue weighted by atomic mass is 19.1. The van der Waals surface area contributed by atoms with Gasteiger partial charge in [-0.25, -0.2) is 9.37 Å². The Morgan fingerprint density at radius 3 is 2.94 bits per heavy atom. The molecule has 1 saturated carbocycles. The zero-order valence-electron chi connectivity index (χ0n) is 10.5. The molecular formula is C13H18FN3O. The van der Waals surface area contributed by atoms with Crippen molar-refractivity contribution in [3.63, 3.8) is 0 Å². The second-order valence-corrected chi connectivity index (χ2v) is 4.99. The lowest BCUT2D eigenvalue weighted by atomic mass is 10.0. The van der Waals surface area contributed by atoms with Crippen LogP contribution in [0.1, 0.15) is 43.0 Å². The fraction of sp³-hybridized carbons (Fsp3) is 0.538. The number of rotatable bonds is 5. The van der Waals surface area contributed by atoms with Crippen molar-refractivity contribution in [3.8, 4) is 0 Å². The van der Waals surface area contributed by atoms with E-state index in [2.05, 4.69) is 17.2 Å². The minimum atomic E-state index is -0.740. The summed E-state index contributed by atoms with van der Waals surface area (Å²) in [5, 5.41) is 2.79. The zero-order chi connectivity index (χ0) is 13.2. The predicted octanol–water partition coefficient (Wildman–Crippen LogP) is 2.11. The summed E-state index contributed by atoms with van der Waals surface area (Å²) in [7, 11) is 0. The van der Waals surface area contributed by atoms with Crippen molar-refractivity contribution in [3.05, 3.63) is 23.6 Å². The first-order chi connectivity index (χ1) is 8.58. The molecular weight excluding hydrogens is 233 g/mol. The Bertz CT molecular complexity index is 458. The highest BCUT2D eigenvalue weighted by Gasteiger charge is 2.41. The molecule has 18 heavy (non-hydrogen) atoms. The van der Waals surface area contributed by atoms with Gasteiger partial charge in [0.05, 0.1) is 5.56 Å². The average molecular weight is 251 g/mol. The van der Waals surface area contributed by atoms with Gasteiger partial charge in [-0.3, -0.25) is 4.79 Å². The van der Waals surface area contributed by atoms with Crippen molar-refractivity contribution in [1.29, 1.82) is 0 Å². The number of pyridine rings is 1. The molecule has 98 valence electrons. The third-order valence-electron chi connectivity index (χ3n) is 3.52. The Morgan fingerprint density at radius 2 is 2.33 bits per heavy atom. The molecule has 0 aromatic carbocycles. The summed E-state index contributed by atoms with van der Waals surface area (Å²) < 4.78 is 13.6. The van der Waals surface area contributed by atoms with Crippen LogP contribution in [0.2, 0.25) is 0 Å². The van der Waals surface area contributed by atoms with Crippen LogP contribution in [-0.4, -0.2) is 17.4 Å². The quantitative estimate of drug-likeness (QED) is 0.842. The monoisotopic (exact) mass is 251 g/mol. The summed E-state index contributed by atoms with van der Waals surface area (Å²) in [4.78, 5) is 15.5. The molecule has 1 fully saturated rings. The number of carbonyl (C=O) groups excluding carboxylic acids is 1. The molecule has 1 amide bonds. The van der Waals surface area contributed by atoms with Crippen molar-refractivity contribution in [2.45, 2.75) is 32.6 Å². The molecule has 2 rings (SSSR count). The lowest BCUT2D eigenvalue weighted by Crippen LogP contribution is -2.31. The van der Waals surface area contributed by atoms with Gasteiger partial charge in [-0.2, -0.15) is 0 Å². The first-order valence-corrected chi connectivity index (χ1v) is 6.26. The van der Waals surface area contributed by atoms with Crippen molar-refractivity contribution < 1.29 is 9.18 Å². The molecule has 0 radical (unpaired) electrons. The molecule has 0 aliphatic heterocycles. The number of nitrogens with one attached hydrogen (secondary N) is 1. The number of amides is 1. The van der Waals surface area contributed by atoms with E-state index in [1.54, 1.807) is 0 Å². The number of nitrogens with two attached hydrogens (primary N) is 1. The Balaban J connectivity index is 1.98. The van der Waals surface area contributed by atoms with E-state index in [-0.39, 0.29) is 16.8 Å². The molecule has 0 unspecified atom stereocenters. The van der Waals surface area contributed by atoms with Crippen LogP contribution >= 0.6 is 0 Å². The Hall–Kier alpha value is -1.65.